The number of rotatable bonds is 6. The summed E-state index contributed by atoms with van der Waals surface area (Å²) in [6.07, 6.45) is 0. The maximum Gasteiger partial charge on any atom is 0.239 e. The Labute approximate surface area is 131 Å². The van der Waals surface area contributed by atoms with Crippen LogP contribution in [0.15, 0.2) is 42.5 Å². The van der Waals surface area contributed by atoms with Gasteiger partial charge in [-0.1, -0.05) is 35.9 Å². The molecular weight excluding hydrogens is 276 g/mol. The van der Waals surface area contributed by atoms with Crippen LogP contribution in [0.4, 0.5) is 5.69 Å². The van der Waals surface area contributed by atoms with E-state index in [4.69, 9.17) is 4.74 Å². The molecule has 0 radical (unpaired) electrons. The number of methoxy groups -OCH3 is 1. The Bertz CT molecular complexity index is 636. The molecule has 0 aliphatic heterocycles. The van der Waals surface area contributed by atoms with Crippen molar-refractivity contribution in [2.24, 2.45) is 0 Å². The largest absolute Gasteiger partial charge is 0.495 e. The second-order valence-electron chi connectivity index (χ2n) is 5.32. The molecule has 2 N–H and O–H groups in total. The molecule has 0 aliphatic carbocycles. The van der Waals surface area contributed by atoms with Crippen molar-refractivity contribution >= 4 is 11.6 Å². The van der Waals surface area contributed by atoms with Crippen molar-refractivity contribution in [2.75, 3.05) is 19.0 Å². The number of hydrogen-bond acceptors (Lipinski definition) is 3. The van der Waals surface area contributed by atoms with E-state index < -0.39 is 0 Å². The van der Waals surface area contributed by atoms with Gasteiger partial charge >= 0.3 is 0 Å². The fourth-order valence-electron chi connectivity index (χ4n) is 2.10. The first kappa shape index (κ1) is 15.9. The minimum absolute atomic E-state index is 0.0517. The molecule has 2 rings (SSSR count). The zero-order valence-electron chi connectivity index (χ0n) is 13.3. The van der Waals surface area contributed by atoms with Gasteiger partial charge < -0.3 is 15.4 Å². The monoisotopic (exact) mass is 298 g/mol. The van der Waals surface area contributed by atoms with Gasteiger partial charge in [-0.2, -0.15) is 0 Å². The summed E-state index contributed by atoms with van der Waals surface area (Å²) in [5, 5.41) is 6.01. The van der Waals surface area contributed by atoms with E-state index in [9.17, 15) is 4.79 Å². The molecule has 4 nitrogen and oxygen atoms in total. The summed E-state index contributed by atoms with van der Waals surface area (Å²) in [4.78, 5) is 11.9. The maximum absolute atomic E-state index is 11.9. The zero-order valence-corrected chi connectivity index (χ0v) is 13.3. The number of benzene rings is 2. The zero-order chi connectivity index (χ0) is 15.9. The van der Waals surface area contributed by atoms with Gasteiger partial charge in [0.1, 0.15) is 5.75 Å². The predicted molar refractivity (Wildman–Crippen MR) is 89.2 cm³/mol. The molecule has 0 heterocycles. The van der Waals surface area contributed by atoms with Crippen molar-refractivity contribution in [2.45, 2.75) is 20.4 Å². The van der Waals surface area contributed by atoms with Crippen LogP contribution in [0.1, 0.15) is 16.7 Å². The highest BCUT2D eigenvalue weighted by molar-refractivity contribution is 5.81. The van der Waals surface area contributed by atoms with Crippen molar-refractivity contribution in [1.82, 2.24) is 5.32 Å². The SMILES string of the molecule is COc1ccc(C)cc1NCC(=O)NCc1ccc(C)cc1. The van der Waals surface area contributed by atoms with E-state index in [1.165, 1.54) is 5.56 Å². The molecule has 0 atom stereocenters. The van der Waals surface area contributed by atoms with Crippen molar-refractivity contribution < 1.29 is 9.53 Å². The Balaban J connectivity index is 1.85. The smallest absolute Gasteiger partial charge is 0.239 e. The van der Waals surface area contributed by atoms with Gasteiger partial charge in [-0.25, -0.2) is 0 Å². The van der Waals surface area contributed by atoms with Crippen LogP contribution in [0.2, 0.25) is 0 Å². The molecule has 0 aliphatic rings. The molecule has 2 aromatic rings. The minimum atomic E-state index is -0.0517. The summed E-state index contributed by atoms with van der Waals surface area (Å²) >= 11 is 0. The third-order valence-corrected chi connectivity index (χ3v) is 3.40. The average molecular weight is 298 g/mol. The fraction of sp³-hybridized carbons (Fsp3) is 0.278. The normalized spacial score (nSPS) is 10.1. The maximum atomic E-state index is 11.9. The Morgan fingerprint density at radius 1 is 1.05 bits per heavy atom. The van der Waals surface area contributed by atoms with E-state index in [0.29, 0.717) is 6.54 Å². The van der Waals surface area contributed by atoms with E-state index in [-0.39, 0.29) is 12.5 Å². The van der Waals surface area contributed by atoms with Crippen LogP contribution in [0.3, 0.4) is 0 Å². The average Bonchev–Trinajstić information content (AvgIpc) is 2.52. The molecule has 0 spiro atoms. The van der Waals surface area contributed by atoms with E-state index in [0.717, 1.165) is 22.6 Å². The molecule has 1 amide bonds. The molecule has 0 saturated heterocycles. The van der Waals surface area contributed by atoms with Gasteiger partial charge in [0.05, 0.1) is 19.3 Å². The first-order valence-electron chi connectivity index (χ1n) is 7.29. The summed E-state index contributed by atoms with van der Waals surface area (Å²) in [7, 11) is 1.62. The highest BCUT2D eigenvalue weighted by atomic mass is 16.5. The molecule has 0 bridgehead atoms. The van der Waals surface area contributed by atoms with E-state index in [2.05, 4.69) is 10.6 Å². The Kier molecular flexibility index (Phi) is 5.42. The lowest BCUT2D eigenvalue weighted by Gasteiger charge is -2.12. The molecule has 2 aromatic carbocycles. The van der Waals surface area contributed by atoms with E-state index in [1.807, 2.05) is 56.3 Å². The summed E-state index contributed by atoms with van der Waals surface area (Å²) in [5.74, 6) is 0.682. The second kappa shape index (κ2) is 7.50. The number of carbonyl (C=O) groups is 1. The summed E-state index contributed by atoms with van der Waals surface area (Å²) in [6.45, 7) is 4.79. The topological polar surface area (TPSA) is 50.4 Å². The molecular formula is C18H22N2O2. The summed E-state index contributed by atoms with van der Waals surface area (Å²) < 4.78 is 5.28. The van der Waals surface area contributed by atoms with Gasteiger partial charge in [-0.05, 0) is 37.1 Å². The molecule has 0 unspecified atom stereocenters. The van der Waals surface area contributed by atoms with Crippen molar-refractivity contribution in [3.63, 3.8) is 0 Å². The lowest BCUT2D eigenvalue weighted by atomic mass is 10.1. The Morgan fingerprint density at radius 3 is 2.41 bits per heavy atom. The number of aryl methyl sites for hydroxylation is 2. The number of nitrogens with one attached hydrogen (secondary N) is 2. The van der Waals surface area contributed by atoms with Crippen LogP contribution in [-0.2, 0) is 11.3 Å². The summed E-state index contributed by atoms with van der Waals surface area (Å²) in [5.41, 5.74) is 4.24. The highest BCUT2D eigenvalue weighted by Gasteiger charge is 2.06. The lowest BCUT2D eigenvalue weighted by molar-refractivity contribution is -0.119. The molecule has 0 fully saturated rings. The third kappa shape index (κ3) is 4.52. The van der Waals surface area contributed by atoms with Crippen LogP contribution in [0.25, 0.3) is 0 Å². The van der Waals surface area contributed by atoms with Crippen LogP contribution in [0, 0.1) is 13.8 Å². The van der Waals surface area contributed by atoms with Gasteiger partial charge in [-0.3, -0.25) is 4.79 Å². The van der Waals surface area contributed by atoms with Crippen LogP contribution < -0.4 is 15.4 Å². The number of hydrogen-bond donors (Lipinski definition) is 2. The number of carbonyl (C=O) groups excluding carboxylic acids is 1. The number of amides is 1. The first-order valence-corrected chi connectivity index (χ1v) is 7.29. The molecule has 4 heteroatoms. The lowest BCUT2D eigenvalue weighted by Crippen LogP contribution is -2.29. The number of anilines is 1. The van der Waals surface area contributed by atoms with E-state index in [1.54, 1.807) is 7.11 Å². The Morgan fingerprint density at radius 2 is 1.73 bits per heavy atom. The Hall–Kier alpha value is -2.49. The van der Waals surface area contributed by atoms with Crippen molar-refractivity contribution in [3.05, 3.63) is 59.2 Å². The van der Waals surface area contributed by atoms with Crippen molar-refractivity contribution in [1.29, 1.82) is 0 Å². The van der Waals surface area contributed by atoms with Crippen LogP contribution in [-0.4, -0.2) is 19.6 Å². The fourth-order valence-corrected chi connectivity index (χ4v) is 2.10. The van der Waals surface area contributed by atoms with Gasteiger partial charge in [0.25, 0.3) is 0 Å². The quantitative estimate of drug-likeness (QED) is 0.862. The minimum Gasteiger partial charge on any atom is -0.495 e. The van der Waals surface area contributed by atoms with E-state index >= 15 is 0 Å². The molecule has 22 heavy (non-hydrogen) atoms. The van der Waals surface area contributed by atoms with Gasteiger partial charge in [-0.15, -0.1) is 0 Å². The summed E-state index contributed by atoms with van der Waals surface area (Å²) in [6, 6.07) is 13.9. The van der Waals surface area contributed by atoms with Crippen LogP contribution in [0.5, 0.6) is 5.75 Å². The van der Waals surface area contributed by atoms with Crippen molar-refractivity contribution in [3.8, 4) is 5.75 Å². The van der Waals surface area contributed by atoms with Gasteiger partial charge in [0.15, 0.2) is 0 Å². The number of ether oxygens (including phenoxy) is 1. The standard InChI is InChI=1S/C18H22N2O2/c1-13-4-7-15(8-5-13)11-20-18(21)12-19-16-10-14(2)6-9-17(16)22-3/h4-10,19H,11-12H2,1-3H3,(H,20,21). The molecule has 0 saturated carbocycles. The predicted octanol–water partition coefficient (Wildman–Crippen LogP) is 3.04. The molecule has 0 aromatic heterocycles. The van der Waals surface area contributed by atoms with Crippen LogP contribution >= 0.6 is 0 Å². The van der Waals surface area contributed by atoms with Gasteiger partial charge in [0, 0.05) is 6.54 Å². The molecule has 116 valence electrons. The highest BCUT2D eigenvalue weighted by Crippen LogP contribution is 2.24. The first-order chi connectivity index (χ1) is 10.6. The van der Waals surface area contributed by atoms with Gasteiger partial charge in [0.2, 0.25) is 5.91 Å². The second-order valence-corrected chi connectivity index (χ2v) is 5.32. The third-order valence-electron chi connectivity index (χ3n) is 3.40.